The first-order valence-electron chi connectivity index (χ1n) is 7.11. The van der Waals surface area contributed by atoms with E-state index in [4.69, 9.17) is 27.9 Å². The molecule has 1 aliphatic rings. The van der Waals surface area contributed by atoms with E-state index in [1.807, 2.05) is 24.3 Å². The Hall–Kier alpha value is -1.18. The fraction of sp³-hybridized carbons (Fsp3) is 0.333. The summed E-state index contributed by atoms with van der Waals surface area (Å²) in [7, 11) is 0. The number of halogens is 2. The number of ether oxygens (including phenoxy) is 1. The van der Waals surface area contributed by atoms with E-state index < -0.39 is 0 Å². The van der Waals surface area contributed by atoms with Crippen LogP contribution in [0.15, 0.2) is 42.5 Å². The molecule has 0 amide bonds. The van der Waals surface area contributed by atoms with E-state index in [2.05, 4.69) is 32.0 Å². The van der Waals surface area contributed by atoms with Crippen molar-refractivity contribution in [3.8, 4) is 5.75 Å². The largest absolute Gasteiger partial charge is 0.492 e. The third-order valence-electron chi connectivity index (χ3n) is 3.99. The standard InChI is InChI=1S/C18H18Cl2O/c1-18(2)11-21-17-7-6-13(10-15(17)18)16(20)9-12-4-3-5-14(19)8-12/h3-8,10,16H,9,11H2,1-2H3. The van der Waals surface area contributed by atoms with Gasteiger partial charge in [-0.1, -0.05) is 43.6 Å². The lowest BCUT2D eigenvalue weighted by Crippen LogP contribution is -2.18. The van der Waals surface area contributed by atoms with E-state index in [0.29, 0.717) is 0 Å². The summed E-state index contributed by atoms with van der Waals surface area (Å²) in [6, 6.07) is 14.1. The van der Waals surface area contributed by atoms with Gasteiger partial charge >= 0.3 is 0 Å². The first kappa shape index (κ1) is 14.7. The maximum atomic E-state index is 6.60. The van der Waals surface area contributed by atoms with E-state index in [1.54, 1.807) is 0 Å². The van der Waals surface area contributed by atoms with Crippen molar-refractivity contribution in [1.82, 2.24) is 0 Å². The van der Waals surface area contributed by atoms with Gasteiger partial charge in [-0.25, -0.2) is 0 Å². The average molecular weight is 321 g/mol. The van der Waals surface area contributed by atoms with Crippen molar-refractivity contribution in [2.24, 2.45) is 0 Å². The Morgan fingerprint density at radius 3 is 2.76 bits per heavy atom. The van der Waals surface area contributed by atoms with E-state index in [0.717, 1.165) is 34.9 Å². The molecule has 2 aromatic carbocycles. The summed E-state index contributed by atoms with van der Waals surface area (Å²) < 4.78 is 5.72. The van der Waals surface area contributed by atoms with Crippen LogP contribution in [0.25, 0.3) is 0 Å². The molecule has 1 aliphatic heterocycles. The summed E-state index contributed by atoms with van der Waals surface area (Å²) in [5, 5.41) is 0.685. The van der Waals surface area contributed by atoms with Crippen LogP contribution in [0.1, 0.15) is 35.9 Å². The summed E-state index contributed by atoms with van der Waals surface area (Å²) in [4.78, 5) is 0. The van der Waals surface area contributed by atoms with Gasteiger partial charge in [0.25, 0.3) is 0 Å². The Bertz CT molecular complexity index is 664. The van der Waals surface area contributed by atoms with E-state index in [9.17, 15) is 0 Å². The lowest BCUT2D eigenvalue weighted by atomic mass is 9.85. The zero-order chi connectivity index (χ0) is 15.0. The third-order valence-corrected chi connectivity index (χ3v) is 4.63. The van der Waals surface area contributed by atoms with Crippen LogP contribution in [0.5, 0.6) is 5.75 Å². The van der Waals surface area contributed by atoms with Crippen LogP contribution in [-0.2, 0) is 11.8 Å². The molecule has 21 heavy (non-hydrogen) atoms. The highest BCUT2D eigenvalue weighted by Gasteiger charge is 2.32. The minimum atomic E-state index is -0.0647. The maximum Gasteiger partial charge on any atom is 0.123 e. The molecule has 1 atom stereocenters. The minimum Gasteiger partial charge on any atom is -0.492 e. The van der Waals surface area contributed by atoms with Crippen LogP contribution < -0.4 is 4.74 Å². The Kier molecular flexibility index (Phi) is 3.90. The highest BCUT2D eigenvalue weighted by atomic mass is 35.5. The maximum absolute atomic E-state index is 6.60. The highest BCUT2D eigenvalue weighted by Crippen LogP contribution is 2.40. The van der Waals surface area contributed by atoms with Gasteiger partial charge in [0.05, 0.1) is 12.0 Å². The van der Waals surface area contributed by atoms with Crippen molar-refractivity contribution in [2.45, 2.75) is 31.1 Å². The molecule has 0 aromatic heterocycles. The molecule has 3 rings (SSSR count). The van der Waals surface area contributed by atoms with E-state index in [1.165, 1.54) is 5.56 Å². The van der Waals surface area contributed by atoms with Gasteiger partial charge in [0.2, 0.25) is 0 Å². The number of alkyl halides is 1. The van der Waals surface area contributed by atoms with Crippen molar-refractivity contribution in [3.05, 3.63) is 64.2 Å². The molecule has 0 saturated heterocycles. The predicted octanol–water partition coefficient (Wildman–Crippen LogP) is 5.53. The monoisotopic (exact) mass is 320 g/mol. The molecular formula is C18H18Cl2O. The number of fused-ring (bicyclic) bond motifs is 1. The fourth-order valence-electron chi connectivity index (χ4n) is 2.72. The molecule has 0 saturated carbocycles. The summed E-state index contributed by atoms with van der Waals surface area (Å²) in [6.07, 6.45) is 0.766. The third kappa shape index (κ3) is 3.04. The van der Waals surface area contributed by atoms with Crippen molar-refractivity contribution < 1.29 is 4.74 Å². The molecule has 0 bridgehead atoms. The van der Waals surface area contributed by atoms with Gasteiger partial charge < -0.3 is 4.74 Å². The van der Waals surface area contributed by atoms with Crippen molar-refractivity contribution in [1.29, 1.82) is 0 Å². The first-order chi connectivity index (χ1) is 9.95. The van der Waals surface area contributed by atoms with Crippen molar-refractivity contribution in [2.75, 3.05) is 6.61 Å². The Morgan fingerprint density at radius 2 is 2.00 bits per heavy atom. The van der Waals surface area contributed by atoms with Gasteiger partial charge in [0.1, 0.15) is 5.75 Å². The number of hydrogen-bond acceptors (Lipinski definition) is 1. The Labute approximate surface area is 135 Å². The summed E-state index contributed by atoms with van der Waals surface area (Å²) in [6.45, 7) is 5.12. The van der Waals surface area contributed by atoms with Crippen molar-refractivity contribution >= 4 is 23.2 Å². The Morgan fingerprint density at radius 1 is 1.19 bits per heavy atom. The van der Waals surface area contributed by atoms with Gasteiger partial charge in [-0.3, -0.25) is 0 Å². The van der Waals surface area contributed by atoms with E-state index in [-0.39, 0.29) is 10.8 Å². The molecular weight excluding hydrogens is 303 g/mol. The summed E-state index contributed by atoms with van der Waals surface area (Å²) in [5.41, 5.74) is 3.59. The topological polar surface area (TPSA) is 9.23 Å². The molecule has 0 spiro atoms. The van der Waals surface area contributed by atoms with E-state index >= 15 is 0 Å². The molecule has 0 N–H and O–H groups in total. The van der Waals surface area contributed by atoms with Gasteiger partial charge in [-0.05, 0) is 41.8 Å². The van der Waals surface area contributed by atoms with Crippen LogP contribution in [0.4, 0.5) is 0 Å². The molecule has 0 radical (unpaired) electrons. The summed E-state index contributed by atoms with van der Waals surface area (Å²) >= 11 is 12.6. The van der Waals surface area contributed by atoms with Gasteiger partial charge in [0, 0.05) is 16.0 Å². The van der Waals surface area contributed by atoms with Crippen LogP contribution >= 0.6 is 23.2 Å². The molecule has 0 aliphatic carbocycles. The van der Waals surface area contributed by atoms with Crippen LogP contribution in [0.2, 0.25) is 5.02 Å². The second-order valence-electron chi connectivity index (χ2n) is 6.23. The lowest BCUT2D eigenvalue weighted by molar-refractivity contribution is 0.291. The molecule has 3 heteroatoms. The van der Waals surface area contributed by atoms with Gasteiger partial charge in [0.15, 0.2) is 0 Å². The predicted molar refractivity (Wildman–Crippen MR) is 88.7 cm³/mol. The molecule has 1 nitrogen and oxygen atoms in total. The normalized spacial score (nSPS) is 17.1. The molecule has 1 heterocycles. The molecule has 1 unspecified atom stereocenters. The molecule has 110 valence electrons. The lowest BCUT2D eigenvalue weighted by Gasteiger charge is -2.17. The van der Waals surface area contributed by atoms with Crippen LogP contribution in [0, 0.1) is 0 Å². The average Bonchev–Trinajstić information content (AvgIpc) is 2.74. The number of hydrogen-bond donors (Lipinski definition) is 0. The SMILES string of the molecule is CC1(C)COc2ccc(C(Cl)Cc3cccc(Cl)c3)cc21. The van der Waals surface area contributed by atoms with Crippen molar-refractivity contribution in [3.63, 3.8) is 0 Å². The summed E-state index contributed by atoms with van der Waals surface area (Å²) in [5.74, 6) is 0.982. The second-order valence-corrected chi connectivity index (χ2v) is 7.19. The smallest absolute Gasteiger partial charge is 0.123 e. The quantitative estimate of drug-likeness (QED) is 0.675. The fourth-order valence-corrected chi connectivity index (χ4v) is 3.25. The zero-order valence-corrected chi connectivity index (χ0v) is 13.7. The van der Waals surface area contributed by atoms with Gasteiger partial charge in [-0.15, -0.1) is 11.6 Å². The van der Waals surface area contributed by atoms with Crippen LogP contribution in [0.3, 0.4) is 0 Å². The van der Waals surface area contributed by atoms with Gasteiger partial charge in [-0.2, -0.15) is 0 Å². The second kappa shape index (κ2) is 5.55. The Balaban J connectivity index is 1.84. The number of benzene rings is 2. The highest BCUT2D eigenvalue weighted by molar-refractivity contribution is 6.30. The van der Waals surface area contributed by atoms with Crippen LogP contribution in [-0.4, -0.2) is 6.61 Å². The minimum absolute atomic E-state index is 0.0536. The molecule has 2 aromatic rings. The number of rotatable bonds is 3. The molecule has 0 fully saturated rings. The first-order valence-corrected chi connectivity index (χ1v) is 7.93. The zero-order valence-electron chi connectivity index (χ0n) is 12.2.